The molecule has 0 bridgehead atoms. The highest BCUT2D eigenvalue weighted by Crippen LogP contribution is 2.03. The number of primary amides is 1. The Labute approximate surface area is 187 Å². The van der Waals surface area contributed by atoms with E-state index in [1.807, 2.05) is 0 Å². The van der Waals surface area contributed by atoms with E-state index >= 15 is 0 Å². The molecule has 13 nitrogen and oxygen atoms in total. The zero-order chi connectivity index (χ0) is 24.1. The van der Waals surface area contributed by atoms with Crippen LogP contribution < -0.4 is 27.4 Å². The van der Waals surface area contributed by atoms with Crippen molar-refractivity contribution in [2.24, 2.45) is 11.5 Å². The standard InChI is InChI=1S/C16H27N5O8S2/c1-31-3-2-7(17)13(25)19-9(5-12(23)24)15(27)20-8(4-11(18)22)14(26)21-10(6-30)16(28)29/h7-10,30H,2-6,17H2,1H3,(H2,18,22)(H,19,25)(H,20,27)(H,21,26)(H,23,24)(H,28,29). The molecule has 0 fully saturated rings. The van der Waals surface area contributed by atoms with Gasteiger partial charge in [-0.25, -0.2) is 4.79 Å². The molecule has 0 aromatic carbocycles. The first-order chi connectivity index (χ1) is 14.4. The van der Waals surface area contributed by atoms with Gasteiger partial charge < -0.3 is 37.6 Å². The summed E-state index contributed by atoms with van der Waals surface area (Å²) in [7, 11) is 0. The Kier molecular flexibility index (Phi) is 13.3. The summed E-state index contributed by atoms with van der Waals surface area (Å²) in [5.74, 6) is -6.44. The Bertz CT molecular complexity index is 693. The molecular weight excluding hydrogens is 454 g/mol. The van der Waals surface area contributed by atoms with E-state index in [1.165, 1.54) is 11.8 Å². The summed E-state index contributed by atoms with van der Waals surface area (Å²) in [6.45, 7) is 0. The van der Waals surface area contributed by atoms with Crippen molar-refractivity contribution in [2.45, 2.75) is 43.4 Å². The predicted octanol–water partition coefficient (Wildman–Crippen LogP) is -3.11. The van der Waals surface area contributed by atoms with Crippen LogP contribution in [0.15, 0.2) is 0 Å². The Balaban J connectivity index is 5.41. The summed E-state index contributed by atoms with van der Waals surface area (Å²) in [6.07, 6.45) is 0.558. The Hall–Kier alpha value is -2.52. The maximum atomic E-state index is 12.5. The fourth-order valence-corrected chi connectivity index (χ4v) is 2.92. The van der Waals surface area contributed by atoms with E-state index < -0.39 is 72.6 Å². The average molecular weight is 482 g/mol. The second-order valence-corrected chi connectivity index (χ2v) is 7.71. The monoisotopic (exact) mass is 481 g/mol. The van der Waals surface area contributed by atoms with Crippen LogP contribution in [-0.4, -0.2) is 87.7 Å². The molecule has 0 saturated carbocycles. The molecular formula is C16H27N5O8S2. The van der Waals surface area contributed by atoms with E-state index in [0.29, 0.717) is 5.75 Å². The number of amides is 4. The van der Waals surface area contributed by atoms with Crippen LogP contribution >= 0.6 is 24.4 Å². The van der Waals surface area contributed by atoms with E-state index in [1.54, 1.807) is 6.26 Å². The zero-order valence-electron chi connectivity index (χ0n) is 16.7. The molecule has 4 unspecified atom stereocenters. The van der Waals surface area contributed by atoms with Gasteiger partial charge in [0.15, 0.2) is 0 Å². The van der Waals surface area contributed by atoms with Crippen molar-refractivity contribution in [3.63, 3.8) is 0 Å². The molecule has 0 rings (SSSR count). The van der Waals surface area contributed by atoms with Crippen molar-refractivity contribution < 1.29 is 39.0 Å². The van der Waals surface area contributed by atoms with Gasteiger partial charge in [0.2, 0.25) is 23.6 Å². The summed E-state index contributed by atoms with van der Waals surface area (Å²) in [6, 6.07) is -5.61. The van der Waals surface area contributed by atoms with Gasteiger partial charge in [-0.1, -0.05) is 0 Å². The van der Waals surface area contributed by atoms with Gasteiger partial charge in [0.25, 0.3) is 0 Å². The lowest BCUT2D eigenvalue weighted by Gasteiger charge is -2.23. The van der Waals surface area contributed by atoms with Crippen LogP contribution in [0.25, 0.3) is 0 Å². The second kappa shape index (κ2) is 14.5. The van der Waals surface area contributed by atoms with Crippen LogP contribution in [0, 0.1) is 0 Å². The summed E-state index contributed by atoms with van der Waals surface area (Å²) in [5, 5.41) is 24.4. The normalized spacial score (nSPS) is 14.4. The zero-order valence-corrected chi connectivity index (χ0v) is 18.4. The van der Waals surface area contributed by atoms with Crippen LogP contribution in [0.5, 0.6) is 0 Å². The van der Waals surface area contributed by atoms with Gasteiger partial charge in [-0.15, -0.1) is 0 Å². The molecule has 0 aliphatic carbocycles. The predicted molar refractivity (Wildman–Crippen MR) is 114 cm³/mol. The minimum Gasteiger partial charge on any atom is -0.481 e. The fourth-order valence-electron chi connectivity index (χ4n) is 2.18. The highest BCUT2D eigenvalue weighted by atomic mass is 32.2. The average Bonchev–Trinajstić information content (AvgIpc) is 2.67. The van der Waals surface area contributed by atoms with Crippen molar-refractivity contribution in [3.8, 4) is 0 Å². The second-order valence-electron chi connectivity index (χ2n) is 6.36. The molecule has 31 heavy (non-hydrogen) atoms. The lowest BCUT2D eigenvalue weighted by Crippen LogP contribution is -2.58. The summed E-state index contributed by atoms with van der Waals surface area (Å²) < 4.78 is 0. The van der Waals surface area contributed by atoms with Gasteiger partial charge >= 0.3 is 11.9 Å². The molecule has 9 N–H and O–H groups in total. The fraction of sp³-hybridized carbons (Fsp3) is 0.625. The SMILES string of the molecule is CSCCC(N)C(=O)NC(CC(=O)O)C(=O)NC(CC(N)=O)C(=O)NC(CS)C(=O)O. The molecule has 0 aliphatic rings. The topological polar surface area (TPSA) is 231 Å². The van der Waals surface area contributed by atoms with Crippen LogP contribution in [0.1, 0.15) is 19.3 Å². The Morgan fingerprint density at radius 1 is 0.903 bits per heavy atom. The molecule has 0 heterocycles. The van der Waals surface area contributed by atoms with Crippen molar-refractivity contribution in [2.75, 3.05) is 17.8 Å². The van der Waals surface area contributed by atoms with Gasteiger partial charge in [0.05, 0.1) is 18.9 Å². The van der Waals surface area contributed by atoms with Crippen LogP contribution in [-0.2, 0) is 28.8 Å². The number of hydrogen-bond donors (Lipinski definition) is 8. The highest BCUT2D eigenvalue weighted by molar-refractivity contribution is 7.98. The van der Waals surface area contributed by atoms with Crippen LogP contribution in [0.2, 0.25) is 0 Å². The van der Waals surface area contributed by atoms with Crippen molar-refractivity contribution >= 4 is 60.0 Å². The maximum absolute atomic E-state index is 12.5. The number of rotatable bonds is 15. The molecule has 4 amide bonds. The summed E-state index contributed by atoms with van der Waals surface area (Å²) in [5.41, 5.74) is 10.8. The number of nitrogens with one attached hydrogen (secondary N) is 3. The Morgan fingerprint density at radius 3 is 1.81 bits per heavy atom. The van der Waals surface area contributed by atoms with Gasteiger partial charge in [-0.3, -0.25) is 24.0 Å². The van der Waals surface area contributed by atoms with Crippen LogP contribution in [0.3, 0.4) is 0 Å². The number of thiol groups is 1. The number of carbonyl (C=O) groups excluding carboxylic acids is 4. The summed E-state index contributed by atoms with van der Waals surface area (Å²) >= 11 is 5.23. The van der Waals surface area contributed by atoms with Gasteiger partial charge in [-0.05, 0) is 18.4 Å². The third kappa shape index (κ3) is 11.4. The molecule has 0 saturated heterocycles. The third-order valence-electron chi connectivity index (χ3n) is 3.82. The molecule has 15 heteroatoms. The van der Waals surface area contributed by atoms with Crippen LogP contribution in [0.4, 0.5) is 0 Å². The number of carboxylic acids is 2. The van der Waals surface area contributed by atoms with E-state index in [2.05, 4.69) is 28.6 Å². The number of carboxylic acid groups (broad SMARTS) is 2. The number of aliphatic carboxylic acids is 2. The summed E-state index contributed by atoms with van der Waals surface area (Å²) in [4.78, 5) is 70.5. The number of nitrogens with two attached hydrogens (primary N) is 2. The van der Waals surface area contributed by atoms with Gasteiger partial charge in [-0.2, -0.15) is 24.4 Å². The first kappa shape index (κ1) is 28.5. The lowest BCUT2D eigenvalue weighted by atomic mass is 10.1. The minimum absolute atomic E-state index is 0.274. The van der Waals surface area contributed by atoms with E-state index in [4.69, 9.17) is 21.7 Å². The molecule has 0 aromatic heterocycles. The highest BCUT2D eigenvalue weighted by Gasteiger charge is 2.31. The smallest absolute Gasteiger partial charge is 0.327 e. The quantitative estimate of drug-likeness (QED) is 0.110. The van der Waals surface area contributed by atoms with Gasteiger partial charge in [0.1, 0.15) is 18.1 Å². The molecule has 0 aromatic rings. The molecule has 0 spiro atoms. The van der Waals surface area contributed by atoms with E-state index in [9.17, 15) is 28.8 Å². The minimum atomic E-state index is -1.61. The maximum Gasteiger partial charge on any atom is 0.327 e. The Morgan fingerprint density at radius 2 is 1.39 bits per heavy atom. The molecule has 0 radical (unpaired) electrons. The van der Waals surface area contributed by atoms with E-state index in [0.717, 1.165) is 0 Å². The van der Waals surface area contributed by atoms with E-state index in [-0.39, 0.29) is 12.2 Å². The third-order valence-corrected chi connectivity index (χ3v) is 4.83. The lowest BCUT2D eigenvalue weighted by molar-refractivity contribution is -0.143. The first-order valence-corrected chi connectivity index (χ1v) is 10.9. The van der Waals surface area contributed by atoms with Gasteiger partial charge in [0, 0.05) is 5.75 Å². The van der Waals surface area contributed by atoms with Crippen molar-refractivity contribution in [1.82, 2.24) is 16.0 Å². The molecule has 0 aliphatic heterocycles. The number of thioether (sulfide) groups is 1. The molecule has 176 valence electrons. The largest absolute Gasteiger partial charge is 0.481 e. The number of hydrogen-bond acceptors (Lipinski definition) is 9. The first-order valence-electron chi connectivity index (χ1n) is 8.92. The molecule has 4 atom stereocenters. The number of carbonyl (C=O) groups is 6. The van der Waals surface area contributed by atoms with Crippen molar-refractivity contribution in [1.29, 1.82) is 0 Å². The van der Waals surface area contributed by atoms with Crippen molar-refractivity contribution in [3.05, 3.63) is 0 Å².